The maximum atomic E-state index is 11.7. The number of rotatable bonds is 3. The molecule has 2 aromatic rings. The first-order valence-electron chi connectivity index (χ1n) is 5.79. The normalized spacial score (nSPS) is 11.2. The quantitative estimate of drug-likeness (QED) is 0.609. The fraction of sp³-hybridized carbons (Fsp3) is 0.200. The summed E-state index contributed by atoms with van der Waals surface area (Å²) in [5, 5.41) is 11.4. The maximum absolute atomic E-state index is 11.7. The van der Waals surface area contributed by atoms with Crippen LogP contribution in [-0.2, 0) is 0 Å². The van der Waals surface area contributed by atoms with E-state index in [9.17, 15) is 10.1 Å². The molecule has 0 fully saturated rings. The summed E-state index contributed by atoms with van der Waals surface area (Å²) in [6.45, 7) is 3.62. The molecule has 1 aromatic heterocycles. The van der Waals surface area contributed by atoms with Crippen LogP contribution >= 0.6 is 22.2 Å². The third-order valence-corrected chi connectivity index (χ3v) is 6.19. The lowest BCUT2D eigenvalue weighted by atomic mass is 10.0. The van der Waals surface area contributed by atoms with E-state index >= 15 is 0 Å². The molecule has 0 aliphatic carbocycles. The van der Waals surface area contributed by atoms with Gasteiger partial charge in [-0.15, -0.1) is 0 Å². The molecule has 0 saturated heterocycles. The van der Waals surface area contributed by atoms with Gasteiger partial charge in [-0.1, -0.05) is 41.6 Å². The standard InChI is InChI=1S/C15H14NOS2/c1-10-4-6-12(7-5-10)14-9-19(11(2)17)15(18-3)13(14)8-16/h4-7,9H,1-3H3/q+1. The highest BCUT2D eigenvalue weighted by molar-refractivity contribution is 8.01. The summed E-state index contributed by atoms with van der Waals surface area (Å²) in [7, 11) is -0.564. The van der Waals surface area contributed by atoms with Crippen LogP contribution in [0.25, 0.3) is 11.1 Å². The topological polar surface area (TPSA) is 40.9 Å². The van der Waals surface area contributed by atoms with Gasteiger partial charge < -0.3 is 0 Å². The molecule has 0 N–H and O–H groups in total. The van der Waals surface area contributed by atoms with Gasteiger partial charge in [0, 0.05) is 0 Å². The number of nitriles is 1. The largest absolute Gasteiger partial charge is 0.353 e. The zero-order valence-electron chi connectivity index (χ0n) is 11.1. The van der Waals surface area contributed by atoms with E-state index in [0.29, 0.717) is 5.56 Å². The zero-order chi connectivity index (χ0) is 14.0. The Bertz CT molecular complexity index is 663. The molecule has 0 saturated carbocycles. The monoisotopic (exact) mass is 288 g/mol. The number of hydrogen-bond acceptors (Lipinski definition) is 3. The van der Waals surface area contributed by atoms with Crippen LogP contribution in [0.5, 0.6) is 0 Å². The summed E-state index contributed by atoms with van der Waals surface area (Å²) in [6.07, 6.45) is 1.92. The van der Waals surface area contributed by atoms with Gasteiger partial charge in [0.05, 0.1) is 23.0 Å². The van der Waals surface area contributed by atoms with Crippen LogP contribution in [-0.4, -0.2) is 11.4 Å². The second-order valence-electron chi connectivity index (χ2n) is 4.21. The first-order valence-corrected chi connectivity index (χ1v) is 8.31. The van der Waals surface area contributed by atoms with Crippen molar-refractivity contribution < 1.29 is 4.79 Å². The smallest absolute Gasteiger partial charge is 0.232 e. The second-order valence-corrected chi connectivity index (χ2v) is 7.17. The van der Waals surface area contributed by atoms with E-state index in [1.54, 1.807) is 6.92 Å². The van der Waals surface area contributed by atoms with Crippen LogP contribution in [0.1, 0.15) is 22.8 Å². The van der Waals surface area contributed by atoms with Crippen LogP contribution in [0.15, 0.2) is 33.9 Å². The zero-order valence-corrected chi connectivity index (χ0v) is 12.7. The van der Waals surface area contributed by atoms with Crippen molar-refractivity contribution in [2.24, 2.45) is 0 Å². The Morgan fingerprint density at radius 2 is 1.95 bits per heavy atom. The Labute approximate surface area is 120 Å². The average Bonchev–Trinajstić information content (AvgIpc) is 2.78. The number of carbonyl (C=O) groups is 1. The molecule has 1 atom stereocenters. The highest BCUT2D eigenvalue weighted by Gasteiger charge is 2.28. The molecule has 2 rings (SSSR count). The van der Waals surface area contributed by atoms with Gasteiger partial charge in [0.1, 0.15) is 11.6 Å². The number of thiophene rings is 1. The number of aryl methyl sites for hydroxylation is 1. The number of nitrogens with zero attached hydrogens (tertiary/aromatic N) is 1. The van der Waals surface area contributed by atoms with Crippen LogP contribution in [0, 0.1) is 18.3 Å². The van der Waals surface area contributed by atoms with E-state index in [-0.39, 0.29) is 5.12 Å². The van der Waals surface area contributed by atoms with Crippen molar-refractivity contribution in [3.63, 3.8) is 0 Å². The number of thioether (sulfide) groups is 1. The summed E-state index contributed by atoms with van der Waals surface area (Å²) in [4.78, 5) is 11.7. The fourth-order valence-electron chi connectivity index (χ4n) is 1.91. The van der Waals surface area contributed by atoms with E-state index in [1.807, 2.05) is 42.8 Å². The fourth-order valence-corrected chi connectivity index (χ4v) is 4.88. The lowest BCUT2D eigenvalue weighted by molar-refractivity contribution is 0.106. The van der Waals surface area contributed by atoms with Crippen molar-refractivity contribution in [2.75, 3.05) is 6.26 Å². The minimum absolute atomic E-state index is 0.110. The molecule has 0 bridgehead atoms. The van der Waals surface area contributed by atoms with Gasteiger partial charge in [-0.25, -0.2) is 4.79 Å². The Morgan fingerprint density at radius 1 is 1.32 bits per heavy atom. The molecule has 96 valence electrons. The molecule has 0 aliphatic rings. The Morgan fingerprint density at radius 3 is 2.42 bits per heavy atom. The van der Waals surface area contributed by atoms with Crippen molar-refractivity contribution in [3.05, 3.63) is 40.8 Å². The molecule has 0 spiro atoms. The summed E-state index contributed by atoms with van der Waals surface area (Å²) in [5.41, 5.74) is 3.73. The van der Waals surface area contributed by atoms with Crippen molar-refractivity contribution in [1.82, 2.24) is 0 Å². The Kier molecular flexibility index (Phi) is 4.08. The van der Waals surface area contributed by atoms with Crippen LogP contribution in [0.4, 0.5) is 0 Å². The lowest BCUT2D eigenvalue weighted by Crippen LogP contribution is -1.81. The Hall–Kier alpha value is -1.57. The molecule has 0 amide bonds. The SMILES string of the molecule is CSc1c(C#N)c(-c2ccc(C)cc2)c[s+]1C(C)=O. The average molecular weight is 288 g/mol. The predicted molar refractivity (Wildman–Crippen MR) is 81.9 cm³/mol. The van der Waals surface area contributed by atoms with Crippen LogP contribution < -0.4 is 0 Å². The van der Waals surface area contributed by atoms with E-state index in [1.165, 1.54) is 17.3 Å². The molecule has 19 heavy (non-hydrogen) atoms. The van der Waals surface area contributed by atoms with E-state index in [4.69, 9.17) is 0 Å². The summed E-state index contributed by atoms with van der Waals surface area (Å²) < 4.78 is 0.894. The van der Waals surface area contributed by atoms with Crippen molar-refractivity contribution in [2.45, 2.75) is 18.1 Å². The van der Waals surface area contributed by atoms with Crippen molar-refractivity contribution >= 4 is 27.3 Å². The predicted octanol–water partition coefficient (Wildman–Crippen LogP) is 4.66. The third kappa shape index (κ3) is 2.58. The summed E-state index contributed by atoms with van der Waals surface area (Å²) in [6, 6.07) is 10.3. The molecule has 4 heteroatoms. The van der Waals surface area contributed by atoms with Crippen LogP contribution in [0.2, 0.25) is 0 Å². The lowest BCUT2D eigenvalue weighted by Gasteiger charge is -1.97. The number of benzene rings is 1. The first-order chi connectivity index (χ1) is 9.08. The molecular formula is C15H14NOS2+. The molecule has 2 nitrogen and oxygen atoms in total. The molecule has 1 aromatic carbocycles. The molecule has 1 heterocycles. The number of carbonyl (C=O) groups excluding carboxylic acids is 1. The second kappa shape index (κ2) is 5.60. The summed E-state index contributed by atoms with van der Waals surface area (Å²) in [5.74, 6) is 0. The van der Waals surface area contributed by atoms with Gasteiger partial charge in [0.25, 0.3) is 0 Å². The molecule has 0 radical (unpaired) electrons. The van der Waals surface area contributed by atoms with Gasteiger partial charge in [0.2, 0.25) is 4.21 Å². The molecule has 0 aliphatic heterocycles. The molecule has 1 unspecified atom stereocenters. The number of hydrogen-bond donors (Lipinski definition) is 0. The highest BCUT2D eigenvalue weighted by Crippen LogP contribution is 2.43. The van der Waals surface area contributed by atoms with Gasteiger partial charge in [-0.3, -0.25) is 0 Å². The van der Waals surface area contributed by atoms with Gasteiger partial charge >= 0.3 is 5.12 Å². The third-order valence-electron chi connectivity index (χ3n) is 2.88. The Balaban J connectivity index is 2.67. The van der Waals surface area contributed by atoms with Crippen molar-refractivity contribution in [1.29, 1.82) is 5.26 Å². The molecular weight excluding hydrogens is 274 g/mol. The first kappa shape index (κ1) is 13.9. The minimum Gasteiger partial charge on any atom is -0.232 e. The van der Waals surface area contributed by atoms with Crippen LogP contribution in [0.3, 0.4) is 0 Å². The van der Waals surface area contributed by atoms with Gasteiger partial charge in [0.15, 0.2) is 5.38 Å². The van der Waals surface area contributed by atoms with E-state index in [0.717, 1.165) is 15.3 Å². The summed E-state index contributed by atoms with van der Waals surface area (Å²) >= 11 is 1.50. The highest BCUT2D eigenvalue weighted by atomic mass is 32.2. The van der Waals surface area contributed by atoms with Gasteiger partial charge in [-0.2, -0.15) is 5.26 Å². The maximum Gasteiger partial charge on any atom is 0.353 e. The minimum atomic E-state index is -0.564. The van der Waals surface area contributed by atoms with Gasteiger partial charge in [-0.05, 0) is 18.7 Å². The van der Waals surface area contributed by atoms with Crippen molar-refractivity contribution in [3.8, 4) is 17.2 Å². The van der Waals surface area contributed by atoms with E-state index < -0.39 is 10.5 Å². The van der Waals surface area contributed by atoms with E-state index in [2.05, 4.69) is 6.07 Å².